The summed E-state index contributed by atoms with van der Waals surface area (Å²) in [5.41, 5.74) is 1.25. The van der Waals surface area contributed by atoms with E-state index in [0.29, 0.717) is 16.9 Å². The fourth-order valence-corrected chi connectivity index (χ4v) is 1.55. The van der Waals surface area contributed by atoms with Gasteiger partial charge in [0, 0.05) is 11.1 Å². The molecule has 0 unspecified atom stereocenters. The summed E-state index contributed by atoms with van der Waals surface area (Å²) < 4.78 is 5.05. The van der Waals surface area contributed by atoms with Gasteiger partial charge in [0.15, 0.2) is 5.78 Å². The van der Waals surface area contributed by atoms with E-state index in [2.05, 4.69) is 0 Å². The third-order valence-corrected chi connectivity index (χ3v) is 2.42. The molecule has 0 amide bonds. The Kier molecular flexibility index (Phi) is 3.76. The highest BCUT2D eigenvalue weighted by Gasteiger charge is 2.07. The van der Waals surface area contributed by atoms with Crippen molar-refractivity contribution in [2.24, 2.45) is 0 Å². The number of hydrogen-bond donors (Lipinski definition) is 1. The molecule has 90 valence electrons. The van der Waals surface area contributed by atoms with Crippen LogP contribution in [0.15, 0.2) is 67.1 Å². The number of ketones is 1. The fraction of sp³-hybridized carbons (Fsp3) is 0. The summed E-state index contributed by atoms with van der Waals surface area (Å²) >= 11 is 0. The molecule has 2 aromatic rings. The molecule has 0 radical (unpaired) electrons. The molecule has 0 atom stereocenters. The molecule has 0 saturated heterocycles. The van der Waals surface area contributed by atoms with Crippen LogP contribution in [-0.2, 0) is 0 Å². The molecule has 2 rings (SSSR count). The third kappa shape index (κ3) is 2.77. The second kappa shape index (κ2) is 5.68. The summed E-state index contributed by atoms with van der Waals surface area (Å²) in [6, 6.07) is 15.8. The van der Waals surface area contributed by atoms with Crippen LogP contribution >= 0.6 is 0 Å². The van der Waals surface area contributed by atoms with Gasteiger partial charge in [-0.15, -0.1) is 0 Å². The minimum Gasteiger partial charge on any atom is -0.512 e. The predicted octanol–water partition coefficient (Wildman–Crippen LogP) is 3.33. The second-order valence-electron chi connectivity index (χ2n) is 3.62. The van der Waals surface area contributed by atoms with Crippen LogP contribution in [0.4, 0.5) is 0 Å². The molecule has 2 aromatic carbocycles. The maximum absolute atomic E-state index is 12.1. The zero-order valence-corrected chi connectivity index (χ0v) is 9.61. The van der Waals surface area contributed by atoms with Crippen LogP contribution in [0.5, 0.6) is 5.75 Å². The van der Waals surface area contributed by atoms with Gasteiger partial charge in [0.05, 0.1) is 0 Å². The Hall–Kier alpha value is -2.55. The topological polar surface area (TPSA) is 46.5 Å². The van der Waals surface area contributed by atoms with E-state index < -0.39 is 0 Å². The van der Waals surface area contributed by atoms with E-state index in [0.717, 1.165) is 12.5 Å². The van der Waals surface area contributed by atoms with Crippen molar-refractivity contribution < 1.29 is 14.6 Å². The monoisotopic (exact) mass is 240 g/mol. The Morgan fingerprint density at radius 1 is 0.944 bits per heavy atom. The Bertz CT molecular complexity index is 542. The third-order valence-electron chi connectivity index (χ3n) is 2.42. The number of hydrogen-bond acceptors (Lipinski definition) is 3. The number of ether oxygens (including phenoxy) is 1. The molecule has 3 heteroatoms. The van der Waals surface area contributed by atoms with Gasteiger partial charge in [-0.2, -0.15) is 0 Å². The molecule has 0 aliphatic carbocycles. The number of rotatable bonds is 4. The Labute approximate surface area is 105 Å². The normalized spacial score (nSPS) is 10.4. The molecular formula is C15H12O3. The van der Waals surface area contributed by atoms with Crippen LogP contribution in [-0.4, -0.2) is 10.9 Å². The Balaban J connectivity index is 2.17. The maximum Gasteiger partial charge on any atom is 0.193 e. The molecule has 0 saturated carbocycles. The summed E-state index contributed by atoms with van der Waals surface area (Å²) in [4.78, 5) is 12.1. The smallest absolute Gasteiger partial charge is 0.193 e. The highest BCUT2D eigenvalue weighted by Crippen LogP contribution is 2.15. The minimum atomic E-state index is -0.0279. The Morgan fingerprint density at radius 2 is 1.56 bits per heavy atom. The van der Waals surface area contributed by atoms with E-state index in [4.69, 9.17) is 9.84 Å². The van der Waals surface area contributed by atoms with E-state index in [1.54, 1.807) is 36.4 Å². The average Bonchev–Trinajstić information content (AvgIpc) is 2.46. The zero-order valence-electron chi connectivity index (χ0n) is 9.61. The van der Waals surface area contributed by atoms with Gasteiger partial charge in [0.25, 0.3) is 0 Å². The first-order valence-corrected chi connectivity index (χ1v) is 5.47. The van der Waals surface area contributed by atoms with Crippen LogP contribution in [0.1, 0.15) is 15.9 Å². The largest absolute Gasteiger partial charge is 0.512 e. The number of carbonyl (C=O) groups excluding carboxylic acids is 1. The van der Waals surface area contributed by atoms with Crippen molar-refractivity contribution in [2.75, 3.05) is 0 Å². The molecule has 0 bridgehead atoms. The number of aliphatic hydroxyl groups is 1. The molecule has 0 heterocycles. The molecule has 0 spiro atoms. The van der Waals surface area contributed by atoms with Gasteiger partial charge in [0.1, 0.15) is 18.3 Å². The van der Waals surface area contributed by atoms with Gasteiger partial charge in [-0.3, -0.25) is 4.79 Å². The summed E-state index contributed by atoms with van der Waals surface area (Å²) in [6.07, 6.45) is 1.97. The standard InChI is InChI=1S/C15H12O3/c16-10-11-18-14-8-6-13(7-9-14)15(17)12-4-2-1-3-5-12/h1-11,16H. The number of aliphatic hydroxyl groups excluding tert-OH is 1. The lowest BCUT2D eigenvalue weighted by molar-refractivity contribution is 0.103. The summed E-state index contributed by atoms with van der Waals surface area (Å²) in [5, 5.41) is 8.46. The van der Waals surface area contributed by atoms with E-state index >= 15 is 0 Å². The molecular weight excluding hydrogens is 228 g/mol. The summed E-state index contributed by atoms with van der Waals surface area (Å²) in [6.45, 7) is 0. The lowest BCUT2D eigenvalue weighted by Gasteiger charge is -2.03. The van der Waals surface area contributed by atoms with Crippen molar-refractivity contribution in [2.45, 2.75) is 0 Å². The maximum atomic E-state index is 12.1. The van der Waals surface area contributed by atoms with Gasteiger partial charge in [-0.1, -0.05) is 30.3 Å². The first-order chi connectivity index (χ1) is 8.81. The van der Waals surface area contributed by atoms with Gasteiger partial charge < -0.3 is 9.84 Å². The summed E-state index contributed by atoms with van der Waals surface area (Å²) in [5.74, 6) is 0.532. The van der Waals surface area contributed by atoms with Crippen molar-refractivity contribution in [3.05, 3.63) is 78.2 Å². The SMILES string of the molecule is O=C(c1ccccc1)c1ccc(OC=CO)cc1. The van der Waals surface area contributed by atoms with Crippen LogP contribution in [0.3, 0.4) is 0 Å². The molecule has 0 aliphatic rings. The zero-order chi connectivity index (χ0) is 12.8. The van der Waals surface area contributed by atoms with E-state index in [-0.39, 0.29) is 5.78 Å². The lowest BCUT2D eigenvalue weighted by atomic mass is 10.0. The van der Waals surface area contributed by atoms with Crippen LogP contribution < -0.4 is 4.74 Å². The Morgan fingerprint density at radius 3 is 2.17 bits per heavy atom. The fourth-order valence-electron chi connectivity index (χ4n) is 1.55. The first kappa shape index (κ1) is 11.9. The van der Waals surface area contributed by atoms with E-state index in [1.165, 1.54) is 0 Å². The summed E-state index contributed by atoms with van der Waals surface area (Å²) in [7, 11) is 0. The van der Waals surface area contributed by atoms with Crippen molar-refractivity contribution in [3.8, 4) is 5.75 Å². The van der Waals surface area contributed by atoms with Crippen molar-refractivity contribution in [1.82, 2.24) is 0 Å². The molecule has 3 nitrogen and oxygen atoms in total. The van der Waals surface area contributed by atoms with Crippen LogP contribution in [0.25, 0.3) is 0 Å². The van der Waals surface area contributed by atoms with Crippen LogP contribution in [0.2, 0.25) is 0 Å². The van der Waals surface area contributed by atoms with Crippen molar-refractivity contribution in [3.63, 3.8) is 0 Å². The predicted molar refractivity (Wildman–Crippen MR) is 68.7 cm³/mol. The van der Waals surface area contributed by atoms with Crippen LogP contribution in [0, 0.1) is 0 Å². The second-order valence-corrected chi connectivity index (χ2v) is 3.62. The lowest BCUT2D eigenvalue weighted by Crippen LogP contribution is -2.00. The average molecular weight is 240 g/mol. The molecule has 18 heavy (non-hydrogen) atoms. The molecule has 1 N–H and O–H groups in total. The highest BCUT2D eigenvalue weighted by molar-refractivity contribution is 6.08. The van der Waals surface area contributed by atoms with Gasteiger partial charge in [-0.25, -0.2) is 0 Å². The van der Waals surface area contributed by atoms with E-state index in [9.17, 15) is 4.79 Å². The highest BCUT2D eigenvalue weighted by atomic mass is 16.5. The minimum absolute atomic E-state index is 0.0279. The number of carbonyl (C=O) groups is 1. The molecule has 0 fully saturated rings. The molecule has 0 aliphatic heterocycles. The first-order valence-electron chi connectivity index (χ1n) is 5.47. The molecule has 0 aromatic heterocycles. The van der Waals surface area contributed by atoms with Gasteiger partial charge in [0.2, 0.25) is 0 Å². The quantitative estimate of drug-likeness (QED) is 0.658. The van der Waals surface area contributed by atoms with E-state index in [1.807, 2.05) is 18.2 Å². The van der Waals surface area contributed by atoms with Gasteiger partial charge in [-0.05, 0) is 24.3 Å². The number of benzene rings is 2. The van der Waals surface area contributed by atoms with Crippen molar-refractivity contribution in [1.29, 1.82) is 0 Å². The van der Waals surface area contributed by atoms with Gasteiger partial charge >= 0.3 is 0 Å². The van der Waals surface area contributed by atoms with Crippen molar-refractivity contribution >= 4 is 5.78 Å².